The van der Waals surface area contributed by atoms with Gasteiger partial charge in [-0.15, -0.1) is 0 Å². The first kappa shape index (κ1) is 13.4. The van der Waals surface area contributed by atoms with Crippen LogP contribution in [0.2, 0.25) is 0 Å². The van der Waals surface area contributed by atoms with Gasteiger partial charge in [-0.3, -0.25) is 9.89 Å². The highest BCUT2D eigenvalue weighted by atomic mass is 16.4. The fourth-order valence-corrected chi connectivity index (χ4v) is 2.72. The minimum atomic E-state index is -0.919. The smallest absolute Gasteiger partial charge is 0.335 e. The lowest BCUT2D eigenvalue weighted by Gasteiger charge is -2.29. The van der Waals surface area contributed by atoms with Crippen LogP contribution in [0.3, 0.4) is 0 Å². The molecule has 108 valence electrons. The molecule has 0 unspecified atom stereocenters. The van der Waals surface area contributed by atoms with Gasteiger partial charge in [-0.1, -0.05) is 12.1 Å². The Bertz CT molecular complexity index is 721. The minimum Gasteiger partial charge on any atom is -0.478 e. The van der Waals surface area contributed by atoms with Gasteiger partial charge in [0.25, 0.3) is 5.91 Å². The van der Waals surface area contributed by atoms with E-state index in [0.717, 1.165) is 16.8 Å². The summed E-state index contributed by atoms with van der Waals surface area (Å²) in [5, 5.41) is 15.8. The fraction of sp³-hybridized carbons (Fsp3) is 0.267. The van der Waals surface area contributed by atoms with Gasteiger partial charge in [-0.05, 0) is 30.5 Å². The van der Waals surface area contributed by atoms with E-state index in [4.69, 9.17) is 0 Å². The molecular weight excluding hydrogens is 270 g/mol. The SMILES string of the molecule is Cc1[nH]ncc1C(=O)N1CCc2c(cccc2C(=O)O)C1. The molecule has 0 saturated heterocycles. The maximum atomic E-state index is 12.5. The summed E-state index contributed by atoms with van der Waals surface area (Å²) >= 11 is 0. The molecule has 0 bridgehead atoms. The molecule has 1 amide bonds. The molecule has 6 nitrogen and oxygen atoms in total. The van der Waals surface area contributed by atoms with Gasteiger partial charge in [0.15, 0.2) is 0 Å². The Morgan fingerprint density at radius 3 is 2.81 bits per heavy atom. The van der Waals surface area contributed by atoms with Gasteiger partial charge in [0.05, 0.1) is 17.3 Å². The highest BCUT2D eigenvalue weighted by Crippen LogP contribution is 2.24. The Morgan fingerprint density at radius 1 is 1.33 bits per heavy atom. The van der Waals surface area contributed by atoms with Crippen LogP contribution in [-0.4, -0.2) is 38.6 Å². The topological polar surface area (TPSA) is 86.3 Å². The van der Waals surface area contributed by atoms with Crippen molar-refractivity contribution in [3.8, 4) is 0 Å². The quantitative estimate of drug-likeness (QED) is 0.877. The number of amides is 1. The molecule has 1 aliphatic rings. The van der Waals surface area contributed by atoms with Gasteiger partial charge in [0.2, 0.25) is 0 Å². The summed E-state index contributed by atoms with van der Waals surface area (Å²) in [4.78, 5) is 25.4. The van der Waals surface area contributed by atoms with Crippen molar-refractivity contribution in [2.45, 2.75) is 19.9 Å². The second kappa shape index (κ2) is 5.05. The Balaban J connectivity index is 1.89. The number of nitrogens with zero attached hydrogens (tertiary/aromatic N) is 2. The van der Waals surface area contributed by atoms with Crippen LogP contribution in [0.1, 0.15) is 37.5 Å². The Kier molecular flexibility index (Phi) is 3.21. The number of carbonyl (C=O) groups excluding carboxylic acids is 1. The van der Waals surface area contributed by atoms with E-state index in [2.05, 4.69) is 10.2 Å². The number of aromatic amines is 1. The maximum absolute atomic E-state index is 12.5. The predicted molar refractivity (Wildman–Crippen MR) is 75.2 cm³/mol. The van der Waals surface area contributed by atoms with Gasteiger partial charge in [0.1, 0.15) is 0 Å². The summed E-state index contributed by atoms with van der Waals surface area (Å²) < 4.78 is 0. The molecule has 0 fully saturated rings. The lowest BCUT2D eigenvalue weighted by molar-refractivity contribution is 0.0694. The van der Waals surface area contributed by atoms with Crippen molar-refractivity contribution in [1.82, 2.24) is 15.1 Å². The summed E-state index contributed by atoms with van der Waals surface area (Å²) in [5.74, 6) is -0.995. The van der Waals surface area contributed by atoms with Crippen LogP contribution in [-0.2, 0) is 13.0 Å². The van der Waals surface area contributed by atoms with Gasteiger partial charge >= 0.3 is 5.97 Å². The number of carboxylic acid groups (broad SMARTS) is 1. The lowest BCUT2D eigenvalue weighted by Crippen LogP contribution is -2.36. The highest BCUT2D eigenvalue weighted by molar-refractivity contribution is 5.95. The Hall–Kier alpha value is -2.63. The number of benzene rings is 1. The average Bonchev–Trinajstić information content (AvgIpc) is 2.91. The summed E-state index contributed by atoms with van der Waals surface area (Å²) in [6.07, 6.45) is 2.08. The zero-order valence-corrected chi connectivity index (χ0v) is 11.6. The van der Waals surface area contributed by atoms with E-state index in [-0.39, 0.29) is 5.91 Å². The summed E-state index contributed by atoms with van der Waals surface area (Å²) in [6, 6.07) is 5.21. The number of carboxylic acids is 1. The van der Waals surface area contributed by atoms with Gasteiger partial charge in [-0.25, -0.2) is 4.79 Å². The molecule has 0 spiro atoms. The van der Waals surface area contributed by atoms with Crippen LogP contribution in [0.5, 0.6) is 0 Å². The van der Waals surface area contributed by atoms with E-state index < -0.39 is 5.97 Å². The zero-order chi connectivity index (χ0) is 15.0. The van der Waals surface area contributed by atoms with Crippen LogP contribution < -0.4 is 0 Å². The van der Waals surface area contributed by atoms with Crippen LogP contribution in [0.4, 0.5) is 0 Å². The van der Waals surface area contributed by atoms with Crippen LogP contribution >= 0.6 is 0 Å². The third kappa shape index (κ3) is 2.29. The van der Waals surface area contributed by atoms with E-state index in [1.807, 2.05) is 6.07 Å². The minimum absolute atomic E-state index is 0.0763. The van der Waals surface area contributed by atoms with E-state index in [9.17, 15) is 14.7 Å². The fourth-order valence-electron chi connectivity index (χ4n) is 2.72. The first-order valence-electron chi connectivity index (χ1n) is 6.71. The van der Waals surface area contributed by atoms with Gasteiger partial charge in [-0.2, -0.15) is 5.10 Å². The third-order valence-electron chi connectivity index (χ3n) is 3.84. The molecule has 2 heterocycles. The Morgan fingerprint density at radius 2 is 2.14 bits per heavy atom. The molecule has 1 aliphatic heterocycles. The molecule has 3 rings (SSSR count). The van der Waals surface area contributed by atoms with E-state index in [1.165, 1.54) is 6.20 Å². The largest absolute Gasteiger partial charge is 0.478 e. The van der Waals surface area contributed by atoms with Crippen LogP contribution in [0.25, 0.3) is 0 Å². The van der Waals surface area contributed by atoms with Crippen LogP contribution in [0.15, 0.2) is 24.4 Å². The first-order chi connectivity index (χ1) is 10.1. The molecule has 0 atom stereocenters. The van der Waals surface area contributed by atoms with Crippen molar-refractivity contribution in [3.05, 3.63) is 52.3 Å². The predicted octanol–water partition coefficient (Wildman–Crippen LogP) is 1.61. The van der Waals surface area contributed by atoms with Crippen molar-refractivity contribution in [1.29, 1.82) is 0 Å². The number of fused-ring (bicyclic) bond motifs is 1. The number of carbonyl (C=O) groups is 2. The number of hydrogen-bond donors (Lipinski definition) is 2. The van der Waals surface area contributed by atoms with E-state index in [1.54, 1.807) is 24.0 Å². The molecule has 21 heavy (non-hydrogen) atoms. The van der Waals surface area contributed by atoms with Gasteiger partial charge < -0.3 is 10.0 Å². The van der Waals surface area contributed by atoms with Crippen molar-refractivity contribution in [2.75, 3.05) is 6.54 Å². The summed E-state index contributed by atoms with van der Waals surface area (Å²) in [5.41, 5.74) is 3.37. The molecule has 0 aliphatic carbocycles. The average molecular weight is 285 g/mol. The normalized spacial score (nSPS) is 13.9. The first-order valence-corrected chi connectivity index (χ1v) is 6.71. The standard InChI is InChI=1S/C15H15N3O3/c1-9-13(7-16-17-9)14(19)18-6-5-11-10(8-18)3-2-4-12(11)15(20)21/h2-4,7H,5-6,8H2,1H3,(H,16,17)(H,20,21). The maximum Gasteiger partial charge on any atom is 0.335 e. The summed E-state index contributed by atoms with van der Waals surface area (Å²) in [7, 11) is 0. The zero-order valence-electron chi connectivity index (χ0n) is 11.6. The van der Waals surface area contributed by atoms with Crippen molar-refractivity contribution >= 4 is 11.9 Å². The molecular formula is C15H15N3O3. The lowest BCUT2D eigenvalue weighted by atomic mass is 9.94. The number of nitrogens with one attached hydrogen (secondary N) is 1. The molecule has 2 aromatic rings. The number of rotatable bonds is 2. The van der Waals surface area contributed by atoms with Crippen molar-refractivity contribution in [2.24, 2.45) is 0 Å². The molecule has 1 aromatic heterocycles. The number of aryl methyl sites for hydroxylation is 1. The molecule has 2 N–H and O–H groups in total. The molecule has 1 aromatic carbocycles. The molecule has 0 saturated carbocycles. The number of hydrogen-bond acceptors (Lipinski definition) is 3. The number of aromatic nitrogens is 2. The van der Waals surface area contributed by atoms with E-state index in [0.29, 0.717) is 30.6 Å². The summed E-state index contributed by atoms with van der Waals surface area (Å²) in [6.45, 7) is 2.75. The molecule has 6 heteroatoms. The Labute approximate surface area is 121 Å². The number of aromatic carboxylic acids is 1. The van der Waals surface area contributed by atoms with E-state index >= 15 is 0 Å². The number of H-pyrrole nitrogens is 1. The monoisotopic (exact) mass is 285 g/mol. The second-order valence-corrected chi connectivity index (χ2v) is 5.13. The highest BCUT2D eigenvalue weighted by Gasteiger charge is 2.26. The van der Waals surface area contributed by atoms with Gasteiger partial charge in [0, 0.05) is 18.8 Å². The van der Waals surface area contributed by atoms with Crippen molar-refractivity contribution < 1.29 is 14.7 Å². The molecule has 0 radical (unpaired) electrons. The van der Waals surface area contributed by atoms with Crippen molar-refractivity contribution in [3.63, 3.8) is 0 Å². The third-order valence-corrected chi connectivity index (χ3v) is 3.84. The van der Waals surface area contributed by atoms with Crippen LogP contribution in [0, 0.1) is 6.92 Å². The second-order valence-electron chi connectivity index (χ2n) is 5.13.